The summed E-state index contributed by atoms with van der Waals surface area (Å²) in [6.07, 6.45) is 12.4. The summed E-state index contributed by atoms with van der Waals surface area (Å²) in [5, 5.41) is 0. The van der Waals surface area contributed by atoms with Crippen molar-refractivity contribution in [1.82, 2.24) is 0 Å². The summed E-state index contributed by atoms with van der Waals surface area (Å²) < 4.78 is 6.47. The molecule has 0 N–H and O–H groups in total. The van der Waals surface area contributed by atoms with Crippen molar-refractivity contribution < 1.29 is 0 Å². The molecule has 0 nitrogen and oxygen atoms in total. The zero-order valence-corrected chi connectivity index (χ0v) is 19.7. The summed E-state index contributed by atoms with van der Waals surface area (Å²) >= 11 is -2.01. The van der Waals surface area contributed by atoms with E-state index in [2.05, 4.69) is 54.5 Å². The molecule has 1 heteroatoms. The molecule has 0 aromatic rings. The molecule has 0 fully saturated rings. The molecule has 0 bridgehead atoms. The van der Waals surface area contributed by atoms with Gasteiger partial charge in [0.05, 0.1) is 0 Å². The molecule has 0 amide bonds. The Hall–Kier alpha value is 0.539. The van der Waals surface area contributed by atoms with Crippen LogP contribution in [0, 0.1) is 5.41 Å². The first kappa shape index (κ1) is 22.5. The van der Waals surface area contributed by atoms with Gasteiger partial charge in [-0.05, 0) is 0 Å². The van der Waals surface area contributed by atoms with E-state index in [1.807, 2.05) is 0 Å². The van der Waals surface area contributed by atoms with Crippen molar-refractivity contribution in [2.45, 2.75) is 111 Å². The fourth-order valence-corrected chi connectivity index (χ4v) is 20.9. The minimum atomic E-state index is -2.01. The first-order chi connectivity index (χ1) is 10.3. The monoisotopic (exact) mass is 416 g/mol. The summed E-state index contributed by atoms with van der Waals surface area (Å²) in [7, 11) is 0. The zero-order valence-electron chi connectivity index (χ0n) is 16.9. The molecule has 0 aromatic carbocycles. The van der Waals surface area contributed by atoms with E-state index in [0.717, 1.165) is 0 Å². The van der Waals surface area contributed by atoms with Gasteiger partial charge >= 0.3 is 147 Å². The van der Waals surface area contributed by atoms with E-state index in [4.69, 9.17) is 0 Å². The van der Waals surface area contributed by atoms with E-state index in [-0.39, 0.29) is 0 Å². The molecule has 0 unspecified atom stereocenters. The first-order valence-corrected chi connectivity index (χ1v) is 18.1. The van der Waals surface area contributed by atoms with Crippen LogP contribution in [0.1, 0.15) is 93.4 Å². The van der Waals surface area contributed by atoms with Crippen molar-refractivity contribution in [3.05, 3.63) is 11.6 Å². The van der Waals surface area contributed by atoms with E-state index >= 15 is 0 Å². The molecule has 132 valence electrons. The number of rotatable bonds is 12. The van der Waals surface area contributed by atoms with Crippen LogP contribution in [0.3, 0.4) is 0 Å². The summed E-state index contributed by atoms with van der Waals surface area (Å²) in [4.78, 5) is 0. The maximum atomic E-state index is 2.58. The molecule has 0 saturated carbocycles. The Morgan fingerprint density at radius 3 is 1.45 bits per heavy atom. The van der Waals surface area contributed by atoms with Crippen molar-refractivity contribution in [1.29, 1.82) is 0 Å². The van der Waals surface area contributed by atoms with Crippen molar-refractivity contribution in [2.75, 3.05) is 0 Å². The van der Waals surface area contributed by atoms with E-state index in [0.29, 0.717) is 5.41 Å². The van der Waals surface area contributed by atoms with Crippen LogP contribution in [0.4, 0.5) is 0 Å². The number of hydrogen-bond acceptors (Lipinski definition) is 0. The molecule has 0 atom stereocenters. The Balaban J connectivity index is 5.32. The Morgan fingerprint density at radius 1 is 0.773 bits per heavy atom. The quantitative estimate of drug-likeness (QED) is 0.223. The van der Waals surface area contributed by atoms with Crippen LogP contribution in [0.2, 0.25) is 17.7 Å². The van der Waals surface area contributed by atoms with E-state index < -0.39 is 18.4 Å². The van der Waals surface area contributed by atoms with Crippen LogP contribution in [0.5, 0.6) is 0 Å². The Morgan fingerprint density at radius 2 is 1.18 bits per heavy atom. The molecule has 0 aliphatic heterocycles. The van der Waals surface area contributed by atoms with Gasteiger partial charge in [0.25, 0.3) is 0 Å². The molecule has 0 aromatic heterocycles. The average Bonchev–Trinajstić information content (AvgIpc) is 2.47. The summed E-state index contributed by atoms with van der Waals surface area (Å²) in [5.41, 5.74) is 2.18. The third-order valence-corrected chi connectivity index (χ3v) is 20.5. The van der Waals surface area contributed by atoms with Gasteiger partial charge < -0.3 is 0 Å². The van der Waals surface area contributed by atoms with Crippen molar-refractivity contribution in [2.24, 2.45) is 5.41 Å². The fraction of sp³-hybridized carbons (Fsp3) is 0.905. The van der Waals surface area contributed by atoms with Crippen molar-refractivity contribution in [3.63, 3.8) is 0 Å². The first-order valence-electron chi connectivity index (χ1n) is 10.0. The predicted octanol–water partition coefficient (Wildman–Crippen LogP) is 8.22. The van der Waals surface area contributed by atoms with Gasteiger partial charge in [-0.2, -0.15) is 0 Å². The van der Waals surface area contributed by atoms with Gasteiger partial charge in [-0.1, -0.05) is 0 Å². The van der Waals surface area contributed by atoms with Crippen LogP contribution < -0.4 is 0 Å². The Labute approximate surface area is 146 Å². The standard InChI is InChI=1S/C9H17.3C4H9.Sn/c1-6-7-8(2)9(3,4)5;3*1-3-4-2;/h7H,2,6H2,1,3-5H3;3*1,3-4H2,2H3;/b8-7+;;;;. The third kappa shape index (κ3) is 8.99. The second kappa shape index (κ2) is 12.0. The molecule has 0 saturated heterocycles. The van der Waals surface area contributed by atoms with Gasteiger partial charge in [0.2, 0.25) is 0 Å². The van der Waals surface area contributed by atoms with Gasteiger partial charge in [0, 0.05) is 0 Å². The van der Waals surface area contributed by atoms with Gasteiger partial charge in [-0.25, -0.2) is 0 Å². The number of hydrogen-bond donors (Lipinski definition) is 0. The Bertz CT molecular complexity index is 274. The number of allylic oxidation sites excluding steroid dienone is 2. The molecule has 0 aliphatic carbocycles. The van der Waals surface area contributed by atoms with E-state index in [9.17, 15) is 0 Å². The van der Waals surface area contributed by atoms with E-state index in [1.54, 1.807) is 23.3 Å². The summed E-state index contributed by atoms with van der Waals surface area (Å²) in [5.74, 6) is 0. The van der Waals surface area contributed by atoms with Gasteiger partial charge in [0.1, 0.15) is 0 Å². The SMILES string of the molecule is CC/C=C(\[CH2][Sn]([CH2]CCC)([CH2]CCC)[CH2]CCC)C(C)(C)C. The summed E-state index contributed by atoms with van der Waals surface area (Å²) in [6.45, 7) is 16.8. The average molecular weight is 415 g/mol. The number of unbranched alkanes of at least 4 members (excludes halogenated alkanes) is 3. The zero-order chi connectivity index (χ0) is 17.1. The fourth-order valence-electron chi connectivity index (χ4n) is 3.59. The third-order valence-electron chi connectivity index (χ3n) is 5.16. The predicted molar refractivity (Wildman–Crippen MR) is 108 cm³/mol. The van der Waals surface area contributed by atoms with Crippen LogP contribution in [0.25, 0.3) is 0 Å². The molecular formula is C21H44Sn. The van der Waals surface area contributed by atoms with Crippen molar-refractivity contribution >= 4 is 18.4 Å². The van der Waals surface area contributed by atoms with Crippen LogP contribution in [-0.2, 0) is 0 Å². The van der Waals surface area contributed by atoms with Crippen LogP contribution >= 0.6 is 0 Å². The second-order valence-corrected chi connectivity index (χ2v) is 22.2. The second-order valence-electron chi connectivity index (χ2n) is 8.38. The molecule has 0 heterocycles. The normalized spacial score (nSPS) is 13.7. The van der Waals surface area contributed by atoms with Crippen LogP contribution in [-0.4, -0.2) is 18.4 Å². The van der Waals surface area contributed by atoms with Crippen LogP contribution in [0.15, 0.2) is 11.6 Å². The van der Waals surface area contributed by atoms with E-state index in [1.165, 1.54) is 44.9 Å². The topological polar surface area (TPSA) is 0 Å². The van der Waals surface area contributed by atoms with Crippen molar-refractivity contribution in [3.8, 4) is 0 Å². The molecule has 0 rings (SSSR count). The molecule has 0 aliphatic rings. The van der Waals surface area contributed by atoms with Gasteiger partial charge in [-0.15, -0.1) is 0 Å². The molecular weight excluding hydrogens is 371 g/mol. The Kier molecular flexibility index (Phi) is 12.3. The molecule has 0 radical (unpaired) electrons. The molecule has 0 spiro atoms. The summed E-state index contributed by atoms with van der Waals surface area (Å²) in [6, 6.07) is 0. The minimum absolute atomic E-state index is 0.378. The molecule has 22 heavy (non-hydrogen) atoms. The van der Waals surface area contributed by atoms with Gasteiger partial charge in [-0.3, -0.25) is 0 Å². The van der Waals surface area contributed by atoms with Gasteiger partial charge in [0.15, 0.2) is 0 Å². The maximum absolute atomic E-state index is 2.58.